The maximum Gasteiger partial charge on any atom is 0.346 e. The van der Waals surface area contributed by atoms with Crippen molar-refractivity contribution in [2.24, 2.45) is 0 Å². The second kappa shape index (κ2) is 5.09. The number of aromatic carboxylic acids is 1. The molecule has 6 heteroatoms. The predicted molar refractivity (Wildman–Crippen MR) is 62.9 cm³/mol. The number of thiophene rings is 1. The first-order chi connectivity index (χ1) is 7.77. The normalized spacial score (nSPS) is 10.2. The maximum absolute atomic E-state index is 10.9. The molecule has 2 aromatic rings. The minimum absolute atomic E-state index is 0.404. The monoisotopic (exact) mass is 252 g/mol. The van der Waals surface area contributed by atoms with Crippen LogP contribution in [0.15, 0.2) is 35.1 Å². The van der Waals surface area contributed by atoms with Gasteiger partial charge in [0.1, 0.15) is 11.2 Å². The van der Waals surface area contributed by atoms with Crippen molar-refractivity contribution in [2.45, 2.75) is 10.8 Å². The molecule has 0 unspecified atom stereocenters. The maximum atomic E-state index is 10.9. The Morgan fingerprint density at radius 1 is 1.50 bits per heavy atom. The van der Waals surface area contributed by atoms with Crippen LogP contribution in [0.4, 0.5) is 0 Å². The van der Waals surface area contributed by atoms with Gasteiger partial charge in [0.2, 0.25) is 0 Å². The van der Waals surface area contributed by atoms with Crippen molar-refractivity contribution in [3.8, 4) is 0 Å². The fourth-order valence-corrected chi connectivity index (χ4v) is 2.83. The molecule has 2 rings (SSSR count). The van der Waals surface area contributed by atoms with Crippen LogP contribution in [0.5, 0.6) is 0 Å². The highest BCUT2D eigenvalue weighted by molar-refractivity contribution is 7.98. The molecule has 0 radical (unpaired) electrons. The number of carboxylic acids is 1. The molecule has 0 amide bonds. The molecule has 82 valence electrons. The van der Waals surface area contributed by atoms with Gasteiger partial charge in [-0.3, -0.25) is 0 Å². The van der Waals surface area contributed by atoms with Crippen molar-refractivity contribution in [2.75, 3.05) is 0 Å². The fourth-order valence-electron chi connectivity index (χ4n) is 1.15. The minimum atomic E-state index is -0.867. The lowest BCUT2D eigenvalue weighted by Crippen LogP contribution is -1.96. The zero-order valence-electron chi connectivity index (χ0n) is 8.16. The lowest BCUT2D eigenvalue weighted by molar-refractivity contribution is 0.0701. The Morgan fingerprint density at radius 2 is 2.38 bits per heavy atom. The van der Waals surface area contributed by atoms with Crippen molar-refractivity contribution in [1.82, 2.24) is 9.97 Å². The molecule has 4 nitrogen and oxygen atoms in total. The molecule has 0 aromatic carbocycles. The van der Waals surface area contributed by atoms with Crippen LogP contribution < -0.4 is 0 Å². The van der Waals surface area contributed by atoms with E-state index in [4.69, 9.17) is 5.11 Å². The van der Waals surface area contributed by atoms with Gasteiger partial charge in [-0.1, -0.05) is 0 Å². The molecule has 0 aliphatic heterocycles. The number of rotatable bonds is 4. The Hall–Kier alpha value is -1.40. The third-order valence-electron chi connectivity index (χ3n) is 1.87. The first kappa shape index (κ1) is 11.1. The summed E-state index contributed by atoms with van der Waals surface area (Å²) in [6.45, 7) is 0. The van der Waals surface area contributed by atoms with Crippen LogP contribution in [0.3, 0.4) is 0 Å². The summed E-state index contributed by atoms with van der Waals surface area (Å²) in [5.74, 6) is -0.254. The Morgan fingerprint density at radius 3 is 3.06 bits per heavy atom. The minimum Gasteiger partial charge on any atom is -0.477 e. The highest BCUT2D eigenvalue weighted by Gasteiger charge is 2.11. The number of aromatic nitrogens is 2. The number of thioether (sulfide) groups is 1. The van der Waals surface area contributed by atoms with Gasteiger partial charge in [0.05, 0.1) is 5.03 Å². The molecule has 16 heavy (non-hydrogen) atoms. The van der Waals surface area contributed by atoms with Gasteiger partial charge < -0.3 is 5.11 Å². The average molecular weight is 252 g/mol. The van der Waals surface area contributed by atoms with Gasteiger partial charge in [-0.2, -0.15) is 0 Å². The highest BCUT2D eigenvalue weighted by Crippen LogP contribution is 2.25. The number of carbonyl (C=O) groups is 1. The molecule has 0 bridgehead atoms. The molecule has 2 aromatic heterocycles. The van der Waals surface area contributed by atoms with Gasteiger partial charge in [-0.15, -0.1) is 23.1 Å². The second-order valence-corrected chi connectivity index (χ2v) is 4.83. The average Bonchev–Trinajstić information content (AvgIpc) is 2.76. The molecule has 0 spiro atoms. The first-order valence-electron chi connectivity index (χ1n) is 4.46. The molecule has 1 N–H and O–H groups in total. The predicted octanol–water partition coefficient (Wildman–Crippen LogP) is 2.53. The Labute approximate surface area is 100 Å². The number of hydrogen-bond acceptors (Lipinski definition) is 5. The van der Waals surface area contributed by atoms with Gasteiger partial charge in [0.25, 0.3) is 0 Å². The van der Waals surface area contributed by atoms with Crippen molar-refractivity contribution in [3.63, 3.8) is 0 Å². The van der Waals surface area contributed by atoms with E-state index in [-0.39, 0.29) is 0 Å². The highest BCUT2D eigenvalue weighted by atomic mass is 32.2. The van der Waals surface area contributed by atoms with E-state index in [1.165, 1.54) is 29.4 Å². The van der Waals surface area contributed by atoms with E-state index in [1.54, 1.807) is 17.6 Å². The van der Waals surface area contributed by atoms with E-state index in [0.717, 1.165) is 10.6 Å². The third kappa shape index (κ3) is 2.59. The SMILES string of the molecule is O=C(O)c1sccc1CSc1ccncn1. The Kier molecular flexibility index (Phi) is 3.53. The molecule has 2 heterocycles. The lowest BCUT2D eigenvalue weighted by Gasteiger charge is -1.99. The summed E-state index contributed by atoms with van der Waals surface area (Å²) in [6, 6.07) is 3.64. The van der Waals surface area contributed by atoms with Gasteiger partial charge >= 0.3 is 5.97 Å². The largest absolute Gasteiger partial charge is 0.477 e. The standard InChI is InChI=1S/C10H8N2O2S2/c13-10(14)9-7(2-4-15-9)5-16-8-1-3-11-6-12-8/h1-4,6H,5H2,(H,13,14). The van der Waals surface area contributed by atoms with Crippen molar-refractivity contribution in [1.29, 1.82) is 0 Å². The van der Waals surface area contributed by atoms with E-state index in [9.17, 15) is 4.79 Å². The van der Waals surface area contributed by atoms with Crippen LogP contribution in [0.25, 0.3) is 0 Å². The number of carboxylic acid groups (broad SMARTS) is 1. The topological polar surface area (TPSA) is 63.1 Å². The second-order valence-electron chi connectivity index (χ2n) is 2.92. The molecular weight excluding hydrogens is 244 g/mol. The zero-order chi connectivity index (χ0) is 11.4. The fraction of sp³-hybridized carbons (Fsp3) is 0.100. The van der Waals surface area contributed by atoms with E-state index in [0.29, 0.717) is 10.6 Å². The molecule has 0 aliphatic rings. The third-order valence-corrected chi connectivity index (χ3v) is 3.81. The summed E-state index contributed by atoms with van der Waals surface area (Å²) in [5, 5.41) is 11.6. The smallest absolute Gasteiger partial charge is 0.346 e. The molecule has 0 saturated carbocycles. The van der Waals surface area contributed by atoms with Crippen LogP contribution in [0.2, 0.25) is 0 Å². The van der Waals surface area contributed by atoms with Gasteiger partial charge in [-0.05, 0) is 23.1 Å². The number of nitrogens with zero attached hydrogens (tertiary/aromatic N) is 2. The summed E-state index contributed by atoms with van der Waals surface area (Å²) in [4.78, 5) is 19.2. The summed E-state index contributed by atoms with van der Waals surface area (Å²) in [6.07, 6.45) is 3.15. The Balaban J connectivity index is 2.05. The Bertz CT molecular complexity index is 485. The van der Waals surface area contributed by atoms with E-state index in [2.05, 4.69) is 9.97 Å². The summed E-state index contributed by atoms with van der Waals surface area (Å²) >= 11 is 2.75. The summed E-state index contributed by atoms with van der Waals surface area (Å²) in [7, 11) is 0. The lowest BCUT2D eigenvalue weighted by atomic mass is 10.3. The van der Waals surface area contributed by atoms with Crippen molar-refractivity contribution in [3.05, 3.63) is 40.5 Å². The van der Waals surface area contributed by atoms with Gasteiger partial charge in [-0.25, -0.2) is 14.8 Å². The van der Waals surface area contributed by atoms with Crippen molar-refractivity contribution < 1.29 is 9.90 Å². The van der Waals surface area contributed by atoms with Gasteiger partial charge in [0.15, 0.2) is 0 Å². The molecular formula is C10H8N2O2S2. The summed E-state index contributed by atoms with van der Waals surface area (Å²) < 4.78 is 0. The summed E-state index contributed by atoms with van der Waals surface area (Å²) in [5.41, 5.74) is 0.834. The zero-order valence-corrected chi connectivity index (χ0v) is 9.79. The quantitative estimate of drug-likeness (QED) is 0.669. The van der Waals surface area contributed by atoms with Crippen LogP contribution in [-0.2, 0) is 5.75 Å². The van der Waals surface area contributed by atoms with E-state index >= 15 is 0 Å². The van der Waals surface area contributed by atoms with E-state index < -0.39 is 5.97 Å². The van der Waals surface area contributed by atoms with Crippen LogP contribution >= 0.6 is 23.1 Å². The first-order valence-corrected chi connectivity index (χ1v) is 6.32. The van der Waals surface area contributed by atoms with Crippen LogP contribution in [0, 0.1) is 0 Å². The van der Waals surface area contributed by atoms with Crippen molar-refractivity contribution >= 4 is 29.1 Å². The molecule has 0 saturated heterocycles. The van der Waals surface area contributed by atoms with Crippen LogP contribution in [0.1, 0.15) is 15.2 Å². The van der Waals surface area contributed by atoms with Crippen LogP contribution in [-0.4, -0.2) is 21.0 Å². The molecule has 0 aliphatic carbocycles. The molecule has 0 fully saturated rings. The van der Waals surface area contributed by atoms with E-state index in [1.807, 2.05) is 6.07 Å². The number of hydrogen-bond donors (Lipinski definition) is 1. The molecule has 0 atom stereocenters. The van der Waals surface area contributed by atoms with Gasteiger partial charge in [0, 0.05) is 11.9 Å².